The predicted molar refractivity (Wildman–Crippen MR) is 52.9 cm³/mol. The highest BCUT2D eigenvalue weighted by Gasteiger charge is 2.35. The largest absolute Gasteiger partial charge is 0.386 e. The van der Waals surface area contributed by atoms with E-state index in [4.69, 9.17) is 11.1 Å². The number of piperazine rings is 1. The van der Waals surface area contributed by atoms with Gasteiger partial charge in [-0.25, -0.2) is 0 Å². The van der Waals surface area contributed by atoms with Crippen molar-refractivity contribution in [1.82, 2.24) is 9.80 Å². The Hall–Kier alpha value is -0.610. The lowest BCUT2D eigenvalue weighted by Gasteiger charge is -2.37. The van der Waals surface area contributed by atoms with Crippen LogP contribution in [0.5, 0.6) is 0 Å². The third-order valence-electron chi connectivity index (χ3n) is 3.34. The highest BCUT2D eigenvalue weighted by atomic mass is 15.3. The van der Waals surface area contributed by atoms with Crippen molar-refractivity contribution in [2.45, 2.75) is 25.4 Å². The average molecular weight is 182 g/mol. The van der Waals surface area contributed by atoms with Gasteiger partial charge in [-0.05, 0) is 19.9 Å². The second kappa shape index (κ2) is 3.27. The summed E-state index contributed by atoms with van der Waals surface area (Å²) in [6, 6.07) is 0.776. The minimum Gasteiger partial charge on any atom is -0.386 e. The number of fused-ring (bicyclic) bond motifs is 2. The number of amidine groups is 1. The van der Waals surface area contributed by atoms with Crippen LogP contribution < -0.4 is 5.73 Å². The Bertz CT molecular complexity index is 216. The zero-order valence-corrected chi connectivity index (χ0v) is 8.16. The van der Waals surface area contributed by atoms with Crippen LogP contribution in [0.1, 0.15) is 13.3 Å². The van der Waals surface area contributed by atoms with Crippen molar-refractivity contribution in [1.29, 1.82) is 5.41 Å². The SMILES string of the molecule is CC(C(=N)N)N1CCN2CCC1C2. The maximum atomic E-state index is 7.44. The molecule has 0 saturated carbocycles. The first kappa shape index (κ1) is 8.97. The molecule has 0 radical (unpaired) electrons. The maximum absolute atomic E-state index is 7.44. The molecule has 13 heavy (non-hydrogen) atoms. The molecular weight excluding hydrogens is 164 g/mol. The standard InChI is InChI=1S/C9H18N4/c1-7(9(10)11)13-5-4-12-3-2-8(13)6-12/h7-8H,2-6H2,1H3,(H3,10,11). The lowest BCUT2D eigenvalue weighted by atomic mass is 10.1. The van der Waals surface area contributed by atoms with Crippen LogP contribution >= 0.6 is 0 Å². The van der Waals surface area contributed by atoms with Crippen LogP contribution in [0.3, 0.4) is 0 Å². The molecule has 4 heteroatoms. The summed E-state index contributed by atoms with van der Waals surface area (Å²) in [5, 5.41) is 7.44. The quantitative estimate of drug-likeness (QED) is 0.455. The van der Waals surface area contributed by atoms with Gasteiger partial charge in [-0.15, -0.1) is 0 Å². The highest BCUT2D eigenvalue weighted by Crippen LogP contribution is 2.22. The van der Waals surface area contributed by atoms with E-state index in [2.05, 4.69) is 9.80 Å². The van der Waals surface area contributed by atoms with Gasteiger partial charge in [0, 0.05) is 25.7 Å². The molecule has 0 aromatic rings. The first-order valence-corrected chi connectivity index (χ1v) is 5.00. The third kappa shape index (κ3) is 1.56. The lowest BCUT2D eigenvalue weighted by molar-refractivity contribution is 0.122. The number of nitrogens with two attached hydrogens (primary N) is 1. The van der Waals surface area contributed by atoms with Crippen LogP contribution in [0.2, 0.25) is 0 Å². The van der Waals surface area contributed by atoms with E-state index in [-0.39, 0.29) is 6.04 Å². The summed E-state index contributed by atoms with van der Waals surface area (Å²) in [5.41, 5.74) is 5.53. The molecule has 2 fully saturated rings. The fourth-order valence-corrected chi connectivity index (χ4v) is 2.41. The van der Waals surface area contributed by atoms with E-state index in [0.717, 1.165) is 13.1 Å². The molecule has 0 aromatic carbocycles. The molecule has 0 spiro atoms. The van der Waals surface area contributed by atoms with Gasteiger partial charge in [0.15, 0.2) is 0 Å². The predicted octanol–water partition coefficient (Wildman–Crippen LogP) is -0.299. The summed E-state index contributed by atoms with van der Waals surface area (Å²) < 4.78 is 0. The molecule has 3 atom stereocenters. The lowest BCUT2D eigenvalue weighted by Crippen LogP contribution is -2.54. The summed E-state index contributed by atoms with van der Waals surface area (Å²) >= 11 is 0. The van der Waals surface area contributed by atoms with E-state index < -0.39 is 0 Å². The van der Waals surface area contributed by atoms with Gasteiger partial charge < -0.3 is 10.6 Å². The van der Waals surface area contributed by atoms with Crippen molar-refractivity contribution in [3.63, 3.8) is 0 Å². The van der Waals surface area contributed by atoms with Crippen LogP contribution in [-0.4, -0.2) is 53.9 Å². The monoisotopic (exact) mass is 182 g/mol. The Kier molecular flexibility index (Phi) is 2.26. The normalized spacial score (nSPS) is 36.1. The zero-order chi connectivity index (χ0) is 9.42. The van der Waals surface area contributed by atoms with Crippen molar-refractivity contribution < 1.29 is 0 Å². The molecule has 2 aliphatic rings. The Labute approximate surface area is 79.2 Å². The summed E-state index contributed by atoms with van der Waals surface area (Å²) in [6.07, 6.45) is 1.25. The number of hydrogen-bond donors (Lipinski definition) is 2. The van der Waals surface area contributed by atoms with E-state index in [1.807, 2.05) is 6.92 Å². The van der Waals surface area contributed by atoms with Gasteiger partial charge in [0.25, 0.3) is 0 Å². The van der Waals surface area contributed by atoms with Crippen LogP contribution in [-0.2, 0) is 0 Å². The Balaban J connectivity index is 2.03. The molecule has 2 heterocycles. The molecule has 4 nitrogen and oxygen atoms in total. The molecular formula is C9H18N4. The molecule has 0 aromatic heterocycles. The minimum atomic E-state index is 0.130. The second-order valence-corrected chi connectivity index (χ2v) is 4.11. The molecule has 74 valence electrons. The van der Waals surface area contributed by atoms with Gasteiger partial charge in [0.2, 0.25) is 0 Å². The number of rotatable bonds is 2. The van der Waals surface area contributed by atoms with Gasteiger partial charge in [-0.2, -0.15) is 0 Å². The smallest absolute Gasteiger partial charge is 0.108 e. The van der Waals surface area contributed by atoms with Crippen LogP contribution in [0.25, 0.3) is 0 Å². The van der Waals surface area contributed by atoms with E-state index in [9.17, 15) is 0 Å². The Morgan fingerprint density at radius 2 is 2.23 bits per heavy atom. The van der Waals surface area contributed by atoms with Crippen LogP contribution in [0.15, 0.2) is 0 Å². The van der Waals surface area contributed by atoms with Gasteiger partial charge in [-0.1, -0.05) is 0 Å². The highest BCUT2D eigenvalue weighted by molar-refractivity contribution is 5.82. The van der Waals surface area contributed by atoms with E-state index in [0.29, 0.717) is 11.9 Å². The fourth-order valence-electron chi connectivity index (χ4n) is 2.41. The van der Waals surface area contributed by atoms with Crippen molar-refractivity contribution in [3.8, 4) is 0 Å². The summed E-state index contributed by atoms with van der Waals surface area (Å²) in [6.45, 7) is 6.67. The zero-order valence-electron chi connectivity index (χ0n) is 8.16. The third-order valence-corrected chi connectivity index (χ3v) is 3.34. The summed E-state index contributed by atoms with van der Waals surface area (Å²) in [5.74, 6) is 0.306. The molecule has 0 amide bonds. The van der Waals surface area contributed by atoms with Crippen molar-refractivity contribution >= 4 is 5.84 Å². The first-order chi connectivity index (χ1) is 6.18. The molecule has 2 aliphatic heterocycles. The maximum Gasteiger partial charge on any atom is 0.108 e. The summed E-state index contributed by atoms with van der Waals surface area (Å²) in [4.78, 5) is 4.87. The van der Waals surface area contributed by atoms with Gasteiger partial charge in [0.05, 0.1) is 6.04 Å². The average Bonchev–Trinajstić information content (AvgIpc) is 2.47. The first-order valence-electron chi connectivity index (χ1n) is 5.00. The number of hydrogen-bond acceptors (Lipinski definition) is 3. The minimum absolute atomic E-state index is 0.130. The second-order valence-electron chi connectivity index (χ2n) is 4.11. The van der Waals surface area contributed by atoms with Crippen LogP contribution in [0, 0.1) is 5.41 Å². The molecule has 2 bridgehead atoms. The molecule has 3 N–H and O–H groups in total. The van der Waals surface area contributed by atoms with Crippen molar-refractivity contribution in [2.24, 2.45) is 5.73 Å². The van der Waals surface area contributed by atoms with Crippen molar-refractivity contribution in [2.75, 3.05) is 26.2 Å². The Morgan fingerprint density at radius 1 is 1.46 bits per heavy atom. The van der Waals surface area contributed by atoms with E-state index in [1.54, 1.807) is 0 Å². The van der Waals surface area contributed by atoms with Crippen molar-refractivity contribution in [3.05, 3.63) is 0 Å². The molecule has 2 rings (SSSR count). The van der Waals surface area contributed by atoms with Gasteiger partial charge in [0.1, 0.15) is 5.84 Å². The summed E-state index contributed by atoms with van der Waals surface area (Å²) in [7, 11) is 0. The van der Waals surface area contributed by atoms with E-state index in [1.165, 1.54) is 19.5 Å². The molecule has 3 unspecified atom stereocenters. The van der Waals surface area contributed by atoms with Gasteiger partial charge >= 0.3 is 0 Å². The number of nitrogens with one attached hydrogen (secondary N) is 1. The van der Waals surface area contributed by atoms with E-state index >= 15 is 0 Å². The van der Waals surface area contributed by atoms with Gasteiger partial charge in [-0.3, -0.25) is 10.3 Å². The fraction of sp³-hybridized carbons (Fsp3) is 0.889. The Morgan fingerprint density at radius 3 is 2.92 bits per heavy atom. The topological polar surface area (TPSA) is 56.4 Å². The number of nitrogens with zero attached hydrogens (tertiary/aromatic N) is 2. The van der Waals surface area contributed by atoms with Crippen LogP contribution in [0.4, 0.5) is 0 Å². The molecule has 0 aliphatic carbocycles. The molecule has 2 saturated heterocycles.